The van der Waals surface area contributed by atoms with Gasteiger partial charge in [0, 0.05) is 6.04 Å². The normalized spacial score (nSPS) is 11.2. The van der Waals surface area contributed by atoms with Crippen LogP contribution in [-0.4, -0.2) is 19.9 Å². The number of benzene rings is 1. The quantitative estimate of drug-likeness (QED) is 0.652. The molecule has 0 bridgehead atoms. The van der Waals surface area contributed by atoms with Crippen molar-refractivity contribution in [3.63, 3.8) is 0 Å². The molecule has 0 fully saturated rings. The number of nitrogens with zero attached hydrogens (tertiary/aromatic N) is 4. The molecule has 25 heavy (non-hydrogen) atoms. The fourth-order valence-corrected chi connectivity index (χ4v) is 2.27. The van der Waals surface area contributed by atoms with E-state index in [4.69, 9.17) is 34.8 Å². The molecule has 1 aromatic carbocycles. The summed E-state index contributed by atoms with van der Waals surface area (Å²) in [4.78, 5) is 15.3. The Morgan fingerprint density at radius 3 is 1.84 bits per heavy atom. The minimum Gasteiger partial charge on any atom is -0.362 e. The Morgan fingerprint density at radius 2 is 1.36 bits per heavy atom. The van der Waals surface area contributed by atoms with Gasteiger partial charge in [-0.15, -0.1) is 0 Å². The number of nitrogens with one attached hydrogen (secondary N) is 1. The molecule has 2 heterocycles. The van der Waals surface area contributed by atoms with Crippen LogP contribution < -0.4 is 5.32 Å². The lowest BCUT2D eigenvalue weighted by Gasteiger charge is -2.14. The SMILES string of the molecule is C[C@H](Nc1cncc(Cl)n1)c1ccc(F)cc1.Clc1cncc(Cl)n1. The molecule has 0 aliphatic heterocycles. The second kappa shape index (κ2) is 9.46. The predicted octanol–water partition coefficient (Wildman–Crippen LogP) is 5.23. The van der Waals surface area contributed by atoms with Crippen LogP contribution in [0.3, 0.4) is 0 Å². The highest BCUT2D eigenvalue weighted by molar-refractivity contribution is 6.32. The van der Waals surface area contributed by atoms with Crippen molar-refractivity contribution in [2.75, 3.05) is 5.32 Å². The van der Waals surface area contributed by atoms with Crippen LogP contribution in [0, 0.1) is 5.82 Å². The van der Waals surface area contributed by atoms with E-state index in [1.54, 1.807) is 18.3 Å². The van der Waals surface area contributed by atoms with Gasteiger partial charge >= 0.3 is 0 Å². The van der Waals surface area contributed by atoms with Gasteiger partial charge in [0.1, 0.15) is 27.1 Å². The maximum Gasteiger partial charge on any atom is 0.149 e. The average molecular weight is 401 g/mol. The first-order valence-corrected chi connectivity index (χ1v) is 8.20. The predicted molar refractivity (Wildman–Crippen MR) is 97.5 cm³/mol. The van der Waals surface area contributed by atoms with Crippen LogP contribution >= 0.6 is 34.8 Å². The van der Waals surface area contributed by atoms with Crippen LogP contribution in [0.1, 0.15) is 18.5 Å². The summed E-state index contributed by atoms with van der Waals surface area (Å²) in [5, 5.41) is 4.11. The van der Waals surface area contributed by atoms with Crippen LogP contribution in [0.15, 0.2) is 49.1 Å². The summed E-state index contributed by atoms with van der Waals surface area (Å²) in [6.07, 6.45) is 5.90. The molecule has 9 heteroatoms. The zero-order chi connectivity index (χ0) is 18.2. The van der Waals surface area contributed by atoms with Crippen molar-refractivity contribution in [1.29, 1.82) is 0 Å². The minimum absolute atomic E-state index is 0.00312. The van der Waals surface area contributed by atoms with Gasteiger partial charge in [0.25, 0.3) is 0 Å². The molecule has 0 radical (unpaired) electrons. The molecule has 2 aromatic heterocycles. The van der Waals surface area contributed by atoms with Crippen LogP contribution in [0.4, 0.5) is 10.2 Å². The molecule has 0 saturated carbocycles. The van der Waals surface area contributed by atoms with E-state index in [1.165, 1.54) is 30.7 Å². The number of hydrogen-bond donors (Lipinski definition) is 1. The van der Waals surface area contributed by atoms with E-state index in [0.717, 1.165) is 5.56 Å². The van der Waals surface area contributed by atoms with Gasteiger partial charge in [-0.1, -0.05) is 46.9 Å². The summed E-state index contributed by atoms with van der Waals surface area (Å²) in [7, 11) is 0. The number of aromatic nitrogens is 4. The van der Waals surface area contributed by atoms with E-state index >= 15 is 0 Å². The number of halogens is 4. The van der Waals surface area contributed by atoms with E-state index < -0.39 is 0 Å². The summed E-state index contributed by atoms with van der Waals surface area (Å²) >= 11 is 16.5. The minimum atomic E-state index is -0.247. The highest BCUT2D eigenvalue weighted by Gasteiger charge is 2.06. The molecule has 5 nitrogen and oxygen atoms in total. The Bertz CT molecular complexity index is 800. The number of anilines is 1. The van der Waals surface area contributed by atoms with Crippen molar-refractivity contribution in [1.82, 2.24) is 19.9 Å². The fourth-order valence-electron chi connectivity index (χ4n) is 1.79. The molecule has 0 spiro atoms. The van der Waals surface area contributed by atoms with Crippen molar-refractivity contribution in [3.05, 3.63) is 75.9 Å². The summed E-state index contributed by atoms with van der Waals surface area (Å²) in [5.41, 5.74) is 0.966. The maximum absolute atomic E-state index is 12.8. The smallest absolute Gasteiger partial charge is 0.149 e. The average Bonchev–Trinajstić information content (AvgIpc) is 2.56. The highest BCUT2D eigenvalue weighted by Crippen LogP contribution is 2.18. The molecule has 3 rings (SSSR count). The highest BCUT2D eigenvalue weighted by atomic mass is 35.5. The summed E-state index contributed by atoms with van der Waals surface area (Å²) < 4.78 is 12.8. The van der Waals surface area contributed by atoms with Crippen LogP contribution in [0.25, 0.3) is 0 Å². The van der Waals surface area contributed by atoms with Gasteiger partial charge in [-0.2, -0.15) is 0 Å². The van der Waals surface area contributed by atoms with Gasteiger partial charge in [-0.05, 0) is 24.6 Å². The molecule has 0 amide bonds. The van der Waals surface area contributed by atoms with Gasteiger partial charge in [-0.3, -0.25) is 9.97 Å². The van der Waals surface area contributed by atoms with Crippen molar-refractivity contribution in [2.45, 2.75) is 13.0 Å². The van der Waals surface area contributed by atoms with E-state index in [9.17, 15) is 4.39 Å². The van der Waals surface area contributed by atoms with E-state index in [0.29, 0.717) is 21.3 Å². The van der Waals surface area contributed by atoms with Gasteiger partial charge < -0.3 is 5.32 Å². The zero-order valence-corrected chi connectivity index (χ0v) is 15.3. The second-order valence-corrected chi connectivity index (χ2v) is 5.97. The molecule has 1 N–H and O–H groups in total. The Hall–Kier alpha value is -2.02. The molecule has 130 valence electrons. The molecular weight excluding hydrogens is 388 g/mol. The summed E-state index contributed by atoms with van der Waals surface area (Å²) in [5.74, 6) is 0.345. The largest absolute Gasteiger partial charge is 0.362 e. The fraction of sp³-hybridized carbons (Fsp3) is 0.125. The summed E-state index contributed by atoms with van der Waals surface area (Å²) in [6.45, 7) is 1.95. The van der Waals surface area contributed by atoms with E-state index in [1.807, 2.05) is 6.92 Å². The molecule has 1 atom stereocenters. The first-order chi connectivity index (χ1) is 11.9. The van der Waals surface area contributed by atoms with Crippen LogP contribution in [0.5, 0.6) is 0 Å². The standard InChI is InChI=1S/C12H11ClFN3.C4H2Cl2N2/c1-8(9-2-4-10(14)5-3-9)16-12-7-15-6-11(13)17-12;5-3-1-7-2-4(6)8-3/h2-8H,1H3,(H,16,17);1-2H/t8-;/m0./s1. The monoisotopic (exact) mass is 399 g/mol. The van der Waals surface area contributed by atoms with Gasteiger partial charge in [-0.25, -0.2) is 14.4 Å². The van der Waals surface area contributed by atoms with Crippen molar-refractivity contribution >= 4 is 40.6 Å². The lowest BCUT2D eigenvalue weighted by molar-refractivity contribution is 0.626. The van der Waals surface area contributed by atoms with Crippen molar-refractivity contribution in [3.8, 4) is 0 Å². The van der Waals surface area contributed by atoms with Gasteiger partial charge in [0.05, 0.1) is 24.8 Å². The molecule has 0 aliphatic rings. The molecule has 3 aromatic rings. The summed E-state index contributed by atoms with van der Waals surface area (Å²) in [6, 6.07) is 6.31. The lowest BCUT2D eigenvalue weighted by Crippen LogP contribution is -2.08. The zero-order valence-electron chi connectivity index (χ0n) is 13.0. The Balaban J connectivity index is 0.000000236. The topological polar surface area (TPSA) is 63.6 Å². The van der Waals surface area contributed by atoms with E-state index in [-0.39, 0.29) is 11.9 Å². The Morgan fingerprint density at radius 1 is 0.840 bits per heavy atom. The third-order valence-corrected chi connectivity index (χ3v) is 3.46. The molecule has 0 saturated heterocycles. The van der Waals surface area contributed by atoms with Gasteiger partial charge in [0.2, 0.25) is 0 Å². The molecule has 0 unspecified atom stereocenters. The van der Waals surface area contributed by atoms with Gasteiger partial charge in [0.15, 0.2) is 0 Å². The second-order valence-electron chi connectivity index (χ2n) is 4.81. The first kappa shape index (κ1) is 19.3. The maximum atomic E-state index is 12.8. The molecule has 0 aliphatic carbocycles. The number of hydrogen-bond acceptors (Lipinski definition) is 5. The molecular formula is C16H13Cl3FN5. The van der Waals surface area contributed by atoms with E-state index in [2.05, 4.69) is 25.3 Å². The third-order valence-electron chi connectivity index (χ3n) is 2.92. The van der Waals surface area contributed by atoms with Crippen molar-refractivity contribution < 1.29 is 4.39 Å². The Kier molecular flexibility index (Phi) is 7.31. The number of rotatable bonds is 3. The van der Waals surface area contributed by atoms with Crippen LogP contribution in [0.2, 0.25) is 15.5 Å². The third kappa shape index (κ3) is 6.78. The lowest BCUT2D eigenvalue weighted by atomic mass is 10.1. The first-order valence-electron chi connectivity index (χ1n) is 7.06. The van der Waals surface area contributed by atoms with Crippen LogP contribution in [-0.2, 0) is 0 Å². The van der Waals surface area contributed by atoms with Crippen molar-refractivity contribution in [2.24, 2.45) is 0 Å². The Labute approximate surface area is 159 Å².